The lowest BCUT2D eigenvalue weighted by Crippen LogP contribution is -2.46. The summed E-state index contributed by atoms with van der Waals surface area (Å²) in [6.45, 7) is 0. The SMILES string of the molecule is O=C1CC2(O)CC(=O)Oc3nc(nc(c3F)OC2=O)O1. The van der Waals surface area contributed by atoms with Crippen LogP contribution in [0.3, 0.4) is 0 Å². The predicted octanol–water partition coefficient (Wildman–Crippen LogP) is -1.13. The van der Waals surface area contributed by atoms with E-state index in [1.54, 1.807) is 0 Å². The topological polar surface area (TPSA) is 125 Å². The van der Waals surface area contributed by atoms with E-state index in [0.29, 0.717) is 0 Å². The molecular formula is C10H5FN2O7. The van der Waals surface area contributed by atoms with E-state index in [0.717, 1.165) is 0 Å². The molecule has 3 rings (SSSR count). The first-order valence-corrected chi connectivity index (χ1v) is 5.31. The molecule has 3 heterocycles. The molecule has 0 radical (unpaired) electrons. The van der Waals surface area contributed by atoms with Crippen molar-refractivity contribution in [2.24, 2.45) is 0 Å². The second-order valence-electron chi connectivity index (χ2n) is 4.15. The van der Waals surface area contributed by atoms with Crippen LogP contribution >= 0.6 is 0 Å². The Hall–Kier alpha value is -2.62. The van der Waals surface area contributed by atoms with Gasteiger partial charge in [-0.3, -0.25) is 9.59 Å². The van der Waals surface area contributed by atoms with Crippen LogP contribution in [0.25, 0.3) is 0 Å². The highest BCUT2D eigenvalue weighted by Crippen LogP contribution is 2.32. The zero-order valence-corrected chi connectivity index (χ0v) is 9.58. The molecule has 1 N–H and O–H groups in total. The summed E-state index contributed by atoms with van der Waals surface area (Å²) in [6.07, 6.45) is -1.81. The van der Waals surface area contributed by atoms with E-state index in [9.17, 15) is 23.9 Å². The largest absolute Gasteiger partial charge is 0.404 e. The van der Waals surface area contributed by atoms with Crippen LogP contribution in [0.15, 0.2) is 0 Å². The van der Waals surface area contributed by atoms with E-state index in [1.807, 2.05) is 0 Å². The predicted molar refractivity (Wildman–Crippen MR) is 53.1 cm³/mol. The van der Waals surface area contributed by atoms with Gasteiger partial charge in [0.05, 0.1) is 12.8 Å². The van der Waals surface area contributed by atoms with Crippen molar-refractivity contribution in [1.82, 2.24) is 9.97 Å². The summed E-state index contributed by atoms with van der Waals surface area (Å²) < 4.78 is 27.5. The van der Waals surface area contributed by atoms with Gasteiger partial charge in [-0.05, 0) is 0 Å². The molecule has 10 heteroatoms. The van der Waals surface area contributed by atoms with Crippen LogP contribution in [-0.2, 0) is 14.4 Å². The van der Waals surface area contributed by atoms with E-state index in [4.69, 9.17) is 0 Å². The van der Waals surface area contributed by atoms with Gasteiger partial charge in [0, 0.05) is 0 Å². The summed E-state index contributed by atoms with van der Waals surface area (Å²) in [6, 6.07) is -0.659. The number of rotatable bonds is 0. The number of carbonyl (C=O) groups excluding carboxylic acids is 3. The normalized spacial score (nSPS) is 24.8. The number of hydrogen-bond acceptors (Lipinski definition) is 9. The van der Waals surface area contributed by atoms with Crippen molar-refractivity contribution in [3.8, 4) is 17.8 Å². The maximum absolute atomic E-state index is 13.8. The van der Waals surface area contributed by atoms with Gasteiger partial charge in [0.15, 0.2) is 5.60 Å². The van der Waals surface area contributed by atoms with Gasteiger partial charge in [0.1, 0.15) is 0 Å². The second kappa shape index (κ2) is 3.93. The van der Waals surface area contributed by atoms with Crippen LogP contribution in [0.1, 0.15) is 12.8 Å². The lowest BCUT2D eigenvalue weighted by atomic mass is 9.96. The van der Waals surface area contributed by atoms with Crippen molar-refractivity contribution < 1.29 is 38.1 Å². The minimum atomic E-state index is -2.53. The molecule has 1 aromatic rings. The Labute approximate surface area is 109 Å². The Balaban J connectivity index is 2.27. The third-order valence-corrected chi connectivity index (χ3v) is 2.63. The molecule has 0 aliphatic carbocycles. The first kappa shape index (κ1) is 12.4. The second-order valence-corrected chi connectivity index (χ2v) is 4.15. The van der Waals surface area contributed by atoms with E-state index >= 15 is 0 Å². The smallest absolute Gasteiger partial charge is 0.346 e. The molecule has 0 spiro atoms. The fourth-order valence-electron chi connectivity index (χ4n) is 1.72. The van der Waals surface area contributed by atoms with Gasteiger partial charge in [-0.2, -0.15) is 14.4 Å². The first-order valence-electron chi connectivity index (χ1n) is 5.31. The fraction of sp³-hybridized carbons (Fsp3) is 0.300. The number of hydrogen-bond donors (Lipinski definition) is 1. The zero-order chi connectivity index (χ0) is 14.5. The van der Waals surface area contributed by atoms with Gasteiger partial charge >= 0.3 is 23.9 Å². The van der Waals surface area contributed by atoms with Gasteiger partial charge in [-0.15, -0.1) is 0 Å². The van der Waals surface area contributed by atoms with E-state index in [-0.39, 0.29) is 0 Å². The summed E-state index contributed by atoms with van der Waals surface area (Å²) in [5.74, 6) is -6.73. The standard InChI is InChI=1S/C10H5FN2O7/c11-5-6-12-9-13-7(5)20-8(16)10(17,1-3(14)18-6)2-4(15)19-9/h17H,1-2H2. The molecule has 0 amide bonds. The highest BCUT2D eigenvalue weighted by atomic mass is 19.1. The Morgan fingerprint density at radius 3 is 2.20 bits per heavy atom. The van der Waals surface area contributed by atoms with Crippen LogP contribution in [0.4, 0.5) is 4.39 Å². The molecule has 9 nitrogen and oxygen atoms in total. The molecule has 0 saturated heterocycles. The van der Waals surface area contributed by atoms with Crippen LogP contribution in [-0.4, -0.2) is 38.6 Å². The third-order valence-electron chi connectivity index (χ3n) is 2.63. The van der Waals surface area contributed by atoms with Crippen molar-refractivity contribution in [3.63, 3.8) is 0 Å². The monoisotopic (exact) mass is 284 g/mol. The Morgan fingerprint density at radius 1 is 1.00 bits per heavy atom. The number of esters is 3. The summed E-state index contributed by atoms with van der Waals surface area (Å²) in [5.41, 5.74) is -2.53. The van der Waals surface area contributed by atoms with Gasteiger partial charge in [0.25, 0.3) is 11.8 Å². The van der Waals surface area contributed by atoms with Gasteiger partial charge < -0.3 is 19.3 Å². The van der Waals surface area contributed by atoms with Crippen LogP contribution < -0.4 is 14.2 Å². The average molecular weight is 284 g/mol. The van der Waals surface area contributed by atoms with E-state index in [2.05, 4.69) is 24.2 Å². The number of fused-ring (bicyclic) bond motifs is 4. The minimum absolute atomic E-state index is 0.659. The number of halogens is 1. The van der Waals surface area contributed by atoms with Crippen molar-refractivity contribution >= 4 is 17.9 Å². The lowest BCUT2D eigenvalue weighted by Gasteiger charge is -2.21. The summed E-state index contributed by atoms with van der Waals surface area (Å²) >= 11 is 0. The lowest BCUT2D eigenvalue weighted by molar-refractivity contribution is -0.166. The number of aromatic nitrogens is 2. The molecule has 0 saturated carbocycles. The van der Waals surface area contributed by atoms with Crippen molar-refractivity contribution in [2.75, 3.05) is 0 Å². The van der Waals surface area contributed by atoms with Crippen LogP contribution in [0, 0.1) is 5.82 Å². The van der Waals surface area contributed by atoms with Crippen LogP contribution in [0.5, 0.6) is 17.8 Å². The average Bonchev–Trinajstić information content (AvgIpc) is 2.36. The summed E-state index contributed by atoms with van der Waals surface area (Å²) in [4.78, 5) is 41.6. The van der Waals surface area contributed by atoms with Gasteiger partial charge in [0.2, 0.25) is 5.82 Å². The Morgan fingerprint density at radius 2 is 1.55 bits per heavy atom. The highest BCUT2D eigenvalue weighted by Gasteiger charge is 2.47. The van der Waals surface area contributed by atoms with E-state index in [1.165, 1.54) is 0 Å². The molecule has 0 fully saturated rings. The van der Waals surface area contributed by atoms with Crippen molar-refractivity contribution in [3.05, 3.63) is 5.82 Å². The molecule has 1 unspecified atom stereocenters. The summed E-state index contributed by atoms with van der Waals surface area (Å²) in [7, 11) is 0. The zero-order valence-electron chi connectivity index (χ0n) is 9.58. The summed E-state index contributed by atoms with van der Waals surface area (Å²) in [5, 5.41) is 10.1. The maximum atomic E-state index is 13.8. The van der Waals surface area contributed by atoms with Crippen molar-refractivity contribution in [1.29, 1.82) is 0 Å². The number of nitrogens with zero attached hydrogens (tertiary/aromatic N) is 2. The quantitative estimate of drug-likeness (QED) is 0.589. The number of ether oxygens (including phenoxy) is 3. The highest BCUT2D eigenvalue weighted by molar-refractivity contribution is 5.92. The Kier molecular flexibility index (Phi) is 2.44. The molecule has 4 bridgehead atoms. The third kappa shape index (κ3) is 1.86. The molecular weight excluding hydrogens is 279 g/mol. The number of aliphatic hydroxyl groups is 1. The molecule has 1 atom stereocenters. The molecule has 20 heavy (non-hydrogen) atoms. The maximum Gasteiger partial charge on any atom is 0.346 e. The molecule has 104 valence electrons. The van der Waals surface area contributed by atoms with Crippen LogP contribution in [0.2, 0.25) is 0 Å². The Bertz CT molecular complexity index is 661. The molecule has 0 aromatic carbocycles. The first-order chi connectivity index (χ1) is 9.37. The van der Waals surface area contributed by atoms with Gasteiger partial charge in [-0.25, -0.2) is 4.79 Å². The van der Waals surface area contributed by atoms with Gasteiger partial charge in [-0.1, -0.05) is 0 Å². The number of carbonyl (C=O) groups is 3. The molecule has 2 aliphatic rings. The minimum Gasteiger partial charge on any atom is -0.404 e. The van der Waals surface area contributed by atoms with Crippen molar-refractivity contribution in [2.45, 2.75) is 18.4 Å². The molecule has 2 aliphatic heterocycles. The van der Waals surface area contributed by atoms with E-state index < -0.39 is 59.9 Å². The fourth-order valence-corrected chi connectivity index (χ4v) is 1.72. The molecule has 1 aromatic heterocycles.